The van der Waals surface area contributed by atoms with Gasteiger partial charge in [0.1, 0.15) is 0 Å². The number of nitrogens with one attached hydrogen (secondary N) is 1. The van der Waals surface area contributed by atoms with Crippen LogP contribution in [0.5, 0.6) is 0 Å². The van der Waals surface area contributed by atoms with Crippen LogP contribution in [0.3, 0.4) is 0 Å². The Morgan fingerprint density at radius 1 is 1.23 bits per heavy atom. The van der Waals surface area contributed by atoms with Crippen LogP contribution in [0.25, 0.3) is 0 Å². The Bertz CT molecular complexity index is 113. The molecule has 1 unspecified atom stereocenters. The van der Waals surface area contributed by atoms with E-state index in [1.807, 2.05) is 0 Å². The highest BCUT2D eigenvalue weighted by molar-refractivity contribution is 4.60. The van der Waals surface area contributed by atoms with Gasteiger partial charge in [0, 0.05) is 19.1 Å². The van der Waals surface area contributed by atoms with E-state index in [9.17, 15) is 0 Å². The van der Waals surface area contributed by atoms with Gasteiger partial charge in [0.15, 0.2) is 0 Å². The van der Waals surface area contributed by atoms with Crippen molar-refractivity contribution in [1.29, 1.82) is 0 Å². The highest BCUT2D eigenvalue weighted by Crippen LogP contribution is 1.97. The van der Waals surface area contributed by atoms with Crippen molar-refractivity contribution in [3.05, 3.63) is 0 Å². The average molecular weight is 186 g/mol. The smallest absolute Gasteiger partial charge is 0.0106 e. The quantitative estimate of drug-likeness (QED) is 0.612. The van der Waals surface area contributed by atoms with Crippen molar-refractivity contribution in [1.82, 2.24) is 10.2 Å². The van der Waals surface area contributed by atoms with E-state index in [1.54, 1.807) is 0 Å². The summed E-state index contributed by atoms with van der Waals surface area (Å²) < 4.78 is 0. The van der Waals surface area contributed by atoms with Gasteiger partial charge in [-0.3, -0.25) is 0 Å². The summed E-state index contributed by atoms with van der Waals surface area (Å²) in [7, 11) is 2.18. The second-order valence-corrected chi connectivity index (χ2v) is 4.29. The van der Waals surface area contributed by atoms with Gasteiger partial charge in [-0.25, -0.2) is 0 Å². The zero-order valence-corrected chi connectivity index (χ0v) is 9.93. The molecule has 2 heteroatoms. The predicted octanol–water partition coefficient (Wildman–Crippen LogP) is 1.96. The molecule has 80 valence electrons. The summed E-state index contributed by atoms with van der Waals surface area (Å²) >= 11 is 0. The van der Waals surface area contributed by atoms with Crippen LogP contribution in [0, 0.1) is 5.92 Å². The average Bonchev–Trinajstić information content (AvgIpc) is 2.11. The maximum absolute atomic E-state index is 3.48. The lowest BCUT2D eigenvalue weighted by Crippen LogP contribution is -2.35. The third kappa shape index (κ3) is 7.03. The van der Waals surface area contributed by atoms with Crippen molar-refractivity contribution in [2.24, 2.45) is 5.92 Å². The maximum atomic E-state index is 3.48. The van der Waals surface area contributed by atoms with Crippen LogP contribution in [0.1, 0.15) is 34.1 Å². The summed E-state index contributed by atoms with van der Waals surface area (Å²) in [5.74, 6) is 0.810. The molecular weight excluding hydrogens is 160 g/mol. The summed E-state index contributed by atoms with van der Waals surface area (Å²) in [6, 6.07) is 0.658. The molecule has 0 rings (SSSR count). The van der Waals surface area contributed by atoms with Crippen LogP contribution in [0.4, 0.5) is 0 Å². The number of hydrogen-bond donors (Lipinski definition) is 1. The van der Waals surface area contributed by atoms with Crippen molar-refractivity contribution in [3.63, 3.8) is 0 Å². The SMILES string of the molecule is CCC(C)CNCCN(C)C(C)C. The Morgan fingerprint density at radius 2 is 1.85 bits per heavy atom. The van der Waals surface area contributed by atoms with Crippen molar-refractivity contribution >= 4 is 0 Å². The molecule has 0 aromatic rings. The van der Waals surface area contributed by atoms with E-state index >= 15 is 0 Å². The van der Waals surface area contributed by atoms with E-state index in [4.69, 9.17) is 0 Å². The Balaban J connectivity index is 3.25. The van der Waals surface area contributed by atoms with E-state index in [-0.39, 0.29) is 0 Å². The minimum absolute atomic E-state index is 0.658. The maximum Gasteiger partial charge on any atom is 0.0106 e. The number of nitrogens with zero attached hydrogens (tertiary/aromatic N) is 1. The van der Waals surface area contributed by atoms with E-state index in [2.05, 4.69) is 45.0 Å². The fourth-order valence-corrected chi connectivity index (χ4v) is 1.01. The first-order valence-electron chi connectivity index (χ1n) is 5.48. The minimum Gasteiger partial charge on any atom is -0.315 e. The summed E-state index contributed by atoms with van der Waals surface area (Å²) in [5.41, 5.74) is 0. The Kier molecular flexibility index (Phi) is 7.29. The molecule has 2 nitrogen and oxygen atoms in total. The summed E-state index contributed by atoms with van der Waals surface area (Å²) in [6.07, 6.45) is 1.27. The molecule has 0 fully saturated rings. The topological polar surface area (TPSA) is 15.3 Å². The van der Waals surface area contributed by atoms with Crippen LogP contribution < -0.4 is 5.32 Å². The van der Waals surface area contributed by atoms with Gasteiger partial charge < -0.3 is 10.2 Å². The number of likely N-dealkylation sites (N-methyl/N-ethyl adjacent to an activating group) is 1. The molecule has 1 N–H and O–H groups in total. The number of hydrogen-bond acceptors (Lipinski definition) is 2. The first-order chi connectivity index (χ1) is 6.07. The molecule has 0 bridgehead atoms. The second-order valence-electron chi connectivity index (χ2n) is 4.29. The summed E-state index contributed by atoms with van der Waals surface area (Å²) in [5, 5.41) is 3.48. The largest absolute Gasteiger partial charge is 0.315 e. The molecule has 0 aliphatic heterocycles. The van der Waals surface area contributed by atoms with E-state index in [0.717, 1.165) is 25.6 Å². The van der Waals surface area contributed by atoms with Crippen LogP contribution in [-0.4, -0.2) is 37.6 Å². The van der Waals surface area contributed by atoms with Gasteiger partial charge in [-0.15, -0.1) is 0 Å². The lowest BCUT2D eigenvalue weighted by Gasteiger charge is -2.21. The van der Waals surface area contributed by atoms with Gasteiger partial charge in [-0.2, -0.15) is 0 Å². The first-order valence-corrected chi connectivity index (χ1v) is 5.48. The highest BCUT2D eigenvalue weighted by atomic mass is 15.1. The first kappa shape index (κ1) is 12.9. The fraction of sp³-hybridized carbons (Fsp3) is 1.00. The molecule has 0 aliphatic rings. The summed E-state index contributed by atoms with van der Waals surface area (Å²) in [4.78, 5) is 2.36. The zero-order chi connectivity index (χ0) is 10.3. The van der Waals surface area contributed by atoms with Gasteiger partial charge in [0.25, 0.3) is 0 Å². The van der Waals surface area contributed by atoms with Gasteiger partial charge in [-0.1, -0.05) is 20.3 Å². The second kappa shape index (κ2) is 7.34. The molecule has 0 saturated carbocycles. The third-order valence-electron chi connectivity index (χ3n) is 2.71. The molecule has 0 aromatic carbocycles. The number of rotatable bonds is 7. The van der Waals surface area contributed by atoms with Crippen molar-refractivity contribution in [2.45, 2.75) is 40.2 Å². The lowest BCUT2D eigenvalue weighted by atomic mass is 10.1. The van der Waals surface area contributed by atoms with Gasteiger partial charge in [-0.05, 0) is 33.4 Å². The van der Waals surface area contributed by atoms with Gasteiger partial charge >= 0.3 is 0 Å². The fourth-order valence-electron chi connectivity index (χ4n) is 1.01. The predicted molar refractivity (Wildman–Crippen MR) is 60.1 cm³/mol. The van der Waals surface area contributed by atoms with E-state index in [0.29, 0.717) is 6.04 Å². The molecule has 1 atom stereocenters. The van der Waals surface area contributed by atoms with Crippen LogP contribution >= 0.6 is 0 Å². The molecule has 0 amide bonds. The minimum atomic E-state index is 0.658. The van der Waals surface area contributed by atoms with Crippen molar-refractivity contribution in [2.75, 3.05) is 26.7 Å². The lowest BCUT2D eigenvalue weighted by molar-refractivity contribution is 0.271. The molecule has 0 saturated heterocycles. The zero-order valence-electron chi connectivity index (χ0n) is 9.93. The highest BCUT2D eigenvalue weighted by Gasteiger charge is 2.02. The van der Waals surface area contributed by atoms with Crippen molar-refractivity contribution < 1.29 is 0 Å². The molecule has 0 spiro atoms. The molecule has 0 aliphatic carbocycles. The van der Waals surface area contributed by atoms with Crippen LogP contribution in [0.2, 0.25) is 0 Å². The molecule has 0 heterocycles. The monoisotopic (exact) mass is 186 g/mol. The Hall–Kier alpha value is -0.0800. The van der Waals surface area contributed by atoms with E-state index in [1.165, 1.54) is 6.42 Å². The van der Waals surface area contributed by atoms with Crippen molar-refractivity contribution in [3.8, 4) is 0 Å². The molecule has 13 heavy (non-hydrogen) atoms. The van der Waals surface area contributed by atoms with Gasteiger partial charge in [0.05, 0.1) is 0 Å². The molecular formula is C11H26N2. The normalized spacial score (nSPS) is 14.1. The third-order valence-corrected chi connectivity index (χ3v) is 2.71. The molecule has 0 radical (unpaired) electrons. The Morgan fingerprint density at radius 3 is 2.31 bits per heavy atom. The summed E-state index contributed by atoms with van der Waals surface area (Å²) in [6.45, 7) is 12.4. The van der Waals surface area contributed by atoms with E-state index < -0.39 is 0 Å². The standard InChI is InChI=1S/C11H26N2/c1-6-11(4)9-12-7-8-13(5)10(2)3/h10-12H,6-9H2,1-5H3. The van der Waals surface area contributed by atoms with Crippen LogP contribution in [-0.2, 0) is 0 Å². The molecule has 0 aromatic heterocycles. The van der Waals surface area contributed by atoms with Gasteiger partial charge in [0.2, 0.25) is 0 Å². The Labute approximate surface area is 83.7 Å². The van der Waals surface area contributed by atoms with Crippen LogP contribution in [0.15, 0.2) is 0 Å².